The molecule has 0 aliphatic carbocycles. The van der Waals surface area contributed by atoms with Gasteiger partial charge in [0, 0.05) is 6.07 Å². The number of esters is 1. The van der Waals surface area contributed by atoms with Gasteiger partial charge in [0.2, 0.25) is 6.29 Å². The number of nitrogens with zero attached hydrogens (tertiary/aromatic N) is 1. The highest BCUT2D eigenvalue weighted by Crippen LogP contribution is 2.38. The summed E-state index contributed by atoms with van der Waals surface area (Å²) < 4.78 is 16.5. The number of benzene rings is 1. The Kier molecular flexibility index (Phi) is 8.65. The van der Waals surface area contributed by atoms with E-state index in [1.165, 1.54) is 18.2 Å². The average molecular weight is 486 g/mol. The van der Waals surface area contributed by atoms with Crippen LogP contribution in [0.4, 0.5) is 5.69 Å². The largest absolute Gasteiger partial charge is 0.457 e. The first-order valence-electron chi connectivity index (χ1n) is 11.0. The summed E-state index contributed by atoms with van der Waals surface area (Å²) in [6.45, 7) is 10.3. The van der Waals surface area contributed by atoms with Gasteiger partial charge in [0.15, 0.2) is 5.75 Å². The van der Waals surface area contributed by atoms with Gasteiger partial charge in [-0.3, -0.25) is 14.9 Å². The first-order chi connectivity index (χ1) is 15.5. The topological polar surface area (TPSA) is 169 Å². The number of aliphatic hydroxyl groups excluding tert-OH is 4. The highest BCUT2D eigenvalue weighted by atomic mass is 16.7. The minimum absolute atomic E-state index is 0.261. The molecule has 1 aliphatic heterocycles. The van der Waals surface area contributed by atoms with Crippen molar-refractivity contribution >= 4 is 11.7 Å². The van der Waals surface area contributed by atoms with E-state index in [0.29, 0.717) is 12.0 Å². The number of aliphatic hydroxyl groups is 4. The van der Waals surface area contributed by atoms with E-state index in [1.54, 1.807) is 20.8 Å². The summed E-state index contributed by atoms with van der Waals surface area (Å²) in [7, 11) is 0. The van der Waals surface area contributed by atoms with Crippen LogP contribution in [0, 0.1) is 20.9 Å². The summed E-state index contributed by atoms with van der Waals surface area (Å²) in [4.78, 5) is 23.7. The van der Waals surface area contributed by atoms with Gasteiger partial charge < -0.3 is 34.6 Å². The second kappa shape index (κ2) is 10.5. The molecule has 1 aromatic rings. The van der Waals surface area contributed by atoms with Gasteiger partial charge in [-0.25, -0.2) is 0 Å². The van der Waals surface area contributed by atoms with Crippen molar-refractivity contribution in [1.29, 1.82) is 0 Å². The number of carbonyl (C=O) groups is 1. The average Bonchev–Trinajstić information content (AvgIpc) is 2.72. The Hall–Kier alpha value is -2.31. The van der Waals surface area contributed by atoms with Crippen LogP contribution in [-0.4, -0.2) is 68.6 Å². The molecule has 2 rings (SSSR count). The van der Waals surface area contributed by atoms with Crippen LogP contribution >= 0.6 is 0 Å². The van der Waals surface area contributed by atoms with Gasteiger partial charge in [-0.15, -0.1) is 0 Å². The molecule has 11 heteroatoms. The quantitative estimate of drug-likeness (QED) is 0.254. The molecule has 6 unspecified atom stereocenters. The van der Waals surface area contributed by atoms with Gasteiger partial charge in [0.05, 0.1) is 16.9 Å². The third-order valence-electron chi connectivity index (χ3n) is 5.30. The molecule has 0 saturated carbocycles. The molecular formula is C23H35NO10. The van der Waals surface area contributed by atoms with Crippen LogP contribution in [0.2, 0.25) is 0 Å². The maximum atomic E-state index is 12.5. The lowest BCUT2D eigenvalue weighted by molar-refractivity contribution is -0.387. The normalized spacial score (nSPS) is 26.6. The van der Waals surface area contributed by atoms with Crippen molar-refractivity contribution in [3.8, 4) is 5.75 Å². The SMILES string of the molecule is CC(C)(C)CC(OC(=O)C(C)(C)C)c1ccc(OC2OC(CO)C(O)C(O)C2O)c([N+](=O)[O-])c1. The first-order valence-corrected chi connectivity index (χ1v) is 11.0. The number of ether oxygens (including phenoxy) is 3. The molecule has 0 amide bonds. The van der Waals surface area contributed by atoms with E-state index in [0.717, 1.165) is 0 Å². The predicted octanol–water partition coefficient (Wildman–Crippen LogP) is 1.84. The van der Waals surface area contributed by atoms with Crippen LogP contribution in [0.25, 0.3) is 0 Å². The van der Waals surface area contributed by atoms with E-state index in [9.17, 15) is 35.3 Å². The summed E-state index contributed by atoms with van der Waals surface area (Å²) in [5, 5.41) is 51.2. The van der Waals surface area contributed by atoms with Crippen molar-refractivity contribution < 1.29 is 44.4 Å². The zero-order valence-corrected chi connectivity index (χ0v) is 20.3. The van der Waals surface area contributed by atoms with Crippen LogP contribution in [-0.2, 0) is 14.3 Å². The molecule has 0 spiro atoms. The molecule has 1 heterocycles. The van der Waals surface area contributed by atoms with Crippen molar-refractivity contribution in [2.24, 2.45) is 10.8 Å². The lowest BCUT2D eigenvalue weighted by Gasteiger charge is -2.39. The molecule has 0 aromatic heterocycles. The van der Waals surface area contributed by atoms with Crippen molar-refractivity contribution in [1.82, 2.24) is 0 Å². The van der Waals surface area contributed by atoms with E-state index in [2.05, 4.69) is 0 Å². The molecule has 192 valence electrons. The van der Waals surface area contributed by atoms with Crippen molar-refractivity contribution in [3.63, 3.8) is 0 Å². The first kappa shape index (κ1) is 27.9. The fourth-order valence-electron chi connectivity index (χ4n) is 3.36. The molecule has 0 radical (unpaired) electrons. The molecule has 11 nitrogen and oxygen atoms in total. The Bertz CT molecular complexity index is 873. The second-order valence-corrected chi connectivity index (χ2v) is 10.7. The maximum Gasteiger partial charge on any atom is 0.311 e. The van der Waals surface area contributed by atoms with Crippen LogP contribution in [0.15, 0.2) is 18.2 Å². The summed E-state index contributed by atoms with van der Waals surface area (Å²) >= 11 is 0. The minimum atomic E-state index is -1.72. The smallest absolute Gasteiger partial charge is 0.311 e. The number of nitro benzene ring substituents is 1. The van der Waals surface area contributed by atoms with Crippen LogP contribution in [0.5, 0.6) is 5.75 Å². The fourth-order valence-corrected chi connectivity index (χ4v) is 3.36. The van der Waals surface area contributed by atoms with Gasteiger partial charge >= 0.3 is 11.7 Å². The Balaban J connectivity index is 2.39. The van der Waals surface area contributed by atoms with Crippen molar-refractivity contribution in [3.05, 3.63) is 33.9 Å². The lowest BCUT2D eigenvalue weighted by atomic mass is 9.86. The van der Waals surface area contributed by atoms with Gasteiger partial charge in [-0.2, -0.15) is 0 Å². The molecule has 4 N–H and O–H groups in total. The van der Waals surface area contributed by atoms with E-state index >= 15 is 0 Å². The summed E-state index contributed by atoms with van der Waals surface area (Å²) in [5.74, 6) is -0.721. The predicted molar refractivity (Wildman–Crippen MR) is 120 cm³/mol. The van der Waals surface area contributed by atoms with E-state index in [1.807, 2.05) is 20.8 Å². The minimum Gasteiger partial charge on any atom is -0.457 e. The molecule has 6 atom stereocenters. The number of carbonyl (C=O) groups excluding carboxylic acids is 1. The van der Waals surface area contributed by atoms with Crippen molar-refractivity contribution in [2.45, 2.75) is 84.8 Å². The Morgan fingerprint density at radius 2 is 1.74 bits per heavy atom. The highest BCUT2D eigenvalue weighted by molar-refractivity contribution is 5.75. The Labute approximate surface area is 198 Å². The standard InChI is InChI=1S/C23H35NO10/c1-22(2,3)10-15(34-21(29)23(4,5)6)12-7-8-14(13(9-12)24(30)31)32-20-19(28)18(27)17(26)16(11-25)33-20/h7-9,15-20,25-28H,10-11H2,1-6H3. The summed E-state index contributed by atoms with van der Waals surface area (Å²) in [6.07, 6.45) is -8.17. The zero-order chi connectivity index (χ0) is 26.0. The monoisotopic (exact) mass is 485 g/mol. The molecular weight excluding hydrogens is 450 g/mol. The number of hydrogen-bond donors (Lipinski definition) is 4. The number of nitro groups is 1. The second-order valence-electron chi connectivity index (χ2n) is 10.7. The number of hydrogen-bond acceptors (Lipinski definition) is 10. The third kappa shape index (κ3) is 6.86. The molecule has 1 fully saturated rings. The number of rotatable bonds is 7. The summed E-state index contributed by atoms with van der Waals surface area (Å²) in [6, 6.07) is 4.03. The molecule has 34 heavy (non-hydrogen) atoms. The van der Waals surface area contributed by atoms with Gasteiger partial charge in [-0.05, 0) is 44.2 Å². The van der Waals surface area contributed by atoms with Crippen LogP contribution < -0.4 is 4.74 Å². The lowest BCUT2D eigenvalue weighted by Crippen LogP contribution is -2.60. The van der Waals surface area contributed by atoms with Gasteiger partial charge in [0.1, 0.15) is 30.5 Å². The van der Waals surface area contributed by atoms with Gasteiger partial charge in [0.25, 0.3) is 0 Å². The van der Waals surface area contributed by atoms with E-state index in [-0.39, 0.29) is 11.2 Å². The van der Waals surface area contributed by atoms with Crippen LogP contribution in [0.1, 0.15) is 59.6 Å². The zero-order valence-electron chi connectivity index (χ0n) is 20.3. The Morgan fingerprint density at radius 3 is 2.24 bits per heavy atom. The van der Waals surface area contributed by atoms with E-state index < -0.39 is 65.4 Å². The van der Waals surface area contributed by atoms with Crippen molar-refractivity contribution in [2.75, 3.05) is 6.61 Å². The van der Waals surface area contributed by atoms with Crippen LogP contribution in [0.3, 0.4) is 0 Å². The fraction of sp³-hybridized carbons (Fsp3) is 0.696. The molecule has 1 saturated heterocycles. The molecule has 1 aromatic carbocycles. The maximum absolute atomic E-state index is 12.5. The highest BCUT2D eigenvalue weighted by Gasteiger charge is 2.45. The molecule has 1 aliphatic rings. The van der Waals surface area contributed by atoms with Gasteiger partial charge in [-0.1, -0.05) is 26.8 Å². The Morgan fingerprint density at radius 1 is 1.12 bits per heavy atom. The third-order valence-corrected chi connectivity index (χ3v) is 5.30. The van der Waals surface area contributed by atoms with E-state index in [4.69, 9.17) is 14.2 Å². The summed E-state index contributed by atoms with van der Waals surface area (Å²) in [5.41, 5.74) is -1.11. The molecule has 0 bridgehead atoms.